The molecule has 1 saturated heterocycles. The van der Waals surface area contributed by atoms with Gasteiger partial charge < -0.3 is 52.3 Å². The van der Waals surface area contributed by atoms with E-state index in [-0.39, 0.29) is 31.6 Å². The molecule has 15 heteroatoms. The van der Waals surface area contributed by atoms with Crippen LogP contribution in [0.1, 0.15) is 57.1 Å². The monoisotopic (exact) mass is 781 g/mol. The van der Waals surface area contributed by atoms with E-state index in [9.17, 15) is 24.0 Å². The molecule has 0 saturated carbocycles. The highest BCUT2D eigenvalue weighted by molar-refractivity contribution is 5.96. The lowest BCUT2D eigenvalue weighted by atomic mass is 9.98. The van der Waals surface area contributed by atoms with Crippen LogP contribution in [0.4, 0.5) is 0 Å². The number of methoxy groups -OCH3 is 1. The fraction of sp³-hybridized carbons (Fsp3) is 0.585. The number of ether oxygens (including phenoxy) is 3. The van der Waals surface area contributed by atoms with E-state index in [0.717, 1.165) is 11.1 Å². The maximum atomic E-state index is 14.0. The number of carbonyl (C=O) groups excluding carboxylic acids is 5. The van der Waals surface area contributed by atoms with Crippen LogP contribution in [0, 0.1) is 11.8 Å². The predicted molar refractivity (Wildman–Crippen MR) is 213 cm³/mol. The molecule has 15 nitrogen and oxygen atoms in total. The SMILES string of the molecule is COCCOCCNCCC(N)CC(NC(=O)[C@@H](CC(C)C)NC(=O)[C@@H](Cc1ccccc1)NC(=O)[C@H](N)Cc1ccccc1)C(=O)OC(=O)C1CCNCC1. The van der Waals surface area contributed by atoms with Crippen LogP contribution in [-0.4, -0.2) is 113 Å². The molecular formula is C41H63N7O8. The number of hydrogen-bond donors (Lipinski definition) is 7. The summed E-state index contributed by atoms with van der Waals surface area (Å²) >= 11 is 0. The molecule has 2 aromatic carbocycles. The van der Waals surface area contributed by atoms with Crippen molar-refractivity contribution < 1.29 is 38.2 Å². The van der Waals surface area contributed by atoms with Crippen molar-refractivity contribution in [1.82, 2.24) is 26.6 Å². The molecule has 3 rings (SSSR count). The number of nitrogens with two attached hydrogens (primary N) is 2. The smallest absolute Gasteiger partial charge is 0.336 e. The number of hydrogen-bond acceptors (Lipinski definition) is 12. The molecule has 0 aliphatic carbocycles. The van der Waals surface area contributed by atoms with Gasteiger partial charge in [0.05, 0.1) is 31.8 Å². The Morgan fingerprint density at radius 3 is 1.95 bits per heavy atom. The number of carbonyl (C=O) groups is 5. The first-order chi connectivity index (χ1) is 27.0. The zero-order valence-electron chi connectivity index (χ0n) is 33.1. The minimum Gasteiger partial charge on any atom is -0.391 e. The summed E-state index contributed by atoms with van der Waals surface area (Å²) in [5, 5.41) is 14.8. The van der Waals surface area contributed by atoms with Gasteiger partial charge in [-0.25, -0.2) is 4.79 Å². The van der Waals surface area contributed by atoms with E-state index in [4.69, 9.17) is 25.7 Å². The van der Waals surface area contributed by atoms with Crippen molar-refractivity contribution in [2.45, 2.75) is 89.0 Å². The van der Waals surface area contributed by atoms with Crippen LogP contribution in [-0.2, 0) is 51.0 Å². The maximum absolute atomic E-state index is 14.0. The number of rotatable bonds is 25. The summed E-state index contributed by atoms with van der Waals surface area (Å²) in [5.41, 5.74) is 14.4. The van der Waals surface area contributed by atoms with Crippen molar-refractivity contribution in [2.75, 3.05) is 53.1 Å². The Morgan fingerprint density at radius 1 is 0.732 bits per heavy atom. The van der Waals surface area contributed by atoms with Gasteiger partial charge in [-0.15, -0.1) is 0 Å². The average molecular weight is 782 g/mol. The predicted octanol–water partition coefficient (Wildman–Crippen LogP) is 0.729. The van der Waals surface area contributed by atoms with Crippen molar-refractivity contribution in [2.24, 2.45) is 23.3 Å². The van der Waals surface area contributed by atoms with Gasteiger partial charge in [-0.2, -0.15) is 0 Å². The molecule has 3 amide bonds. The molecule has 2 unspecified atom stereocenters. The molecule has 0 bridgehead atoms. The molecule has 5 atom stereocenters. The minimum absolute atomic E-state index is 0.00949. The third-order valence-electron chi connectivity index (χ3n) is 9.45. The summed E-state index contributed by atoms with van der Waals surface area (Å²) in [6, 6.07) is 13.6. The Hall–Kier alpha value is -4.25. The van der Waals surface area contributed by atoms with E-state index in [1.165, 1.54) is 0 Å². The van der Waals surface area contributed by atoms with Gasteiger partial charge in [-0.3, -0.25) is 19.2 Å². The number of nitrogens with one attached hydrogen (secondary N) is 5. The summed E-state index contributed by atoms with van der Waals surface area (Å²) < 4.78 is 15.8. The average Bonchev–Trinajstić information content (AvgIpc) is 3.18. The molecule has 1 heterocycles. The summed E-state index contributed by atoms with van der Waals surface area (Å²) in [5.74, 6) is -3.79. The molecule has 56 heavy (non-hydrogen) atoms. The molecule has 9 N–H and O–H groups in total. The van der Waals surface area contributed by atoms with Crippen LogP contribution in [0.2, 0.25) is 0 Å². The number of piperidine rings is 1. The Kier molecular flexibility index (Phi) is 21.3. The first-order valence-corrected chi connectivity index (χ1v) is 19.7. The van der Waals surface area contributed by atoms with Gasteiger partial charge in [0.15, 0.2) is 0 Å². The summed E-state index contributed by atoms with van der Waals surface area (Å²) in [4.78, 5) is 67.8. The molecule has 0 radical (unpaired) electrons. The highest BCUT2D eigenvalue weighted by Crippen LogP contribution is 2.16. The Labute approximate surface area is 331 Å². The number of esters is 2. The molecular weight excluding hydrogens is 718 g/mol. The normalized spacial score (nSPS) is 15.9. The highest BCUT2D eigenvalue weighted by Gasteiger charge is 2.34. The van der Waals surface area contributed by atoms with Crippen molar-refractivity contribution in [3.05, 3.63) is 71.8 Å². The second kappa shape index (κ2) is 25.8. The zero-order valence-corrected chi connectivity index (χ0v) is 33.1. The largest absolute Gasteiger partial charge is 0.391 e. The van der Waals surface area contributed by atoms with Crippen molar-refractivity contribution in [3.8, 4) is 0 Å². The summed E-state index contributed by atoms with van der Waals surface area (Å²) in [6.07, 6.45) is 2.14. The van der Waals surface area contributed by atoms with Crippen molar-refractivity contribution in [3.63, 3.8) is 0 Å². The van der Waals surface area contributed by atoms with Crippen LogP contribution in [0.5, 0.6) is 0 Å². The lowest BCUT2D eigenvalue weighted by Crippen LogP contribution is -2.58. The first kappa shape index (κ1) is 46.1. The van der Waals surface area contributed by atoms with Gasteiger partial charge in [0.2, 0.25) is 17.7 Å². The van der Waals surface area contributed by atoms with E-state index in [1.807, 2.05) is 74.5 Å². The summed E-state index contributed by atoms with van der Waals surface area (Å²) in [7, 11) is 1.61. The van der Waals surface area contributed by atoms with Gasteiger partial charge in [0, 0.05) is 26.1 Å². The molecule has 1 fully saturated rings. The zero-order chi connectivity index (χ0) is 40.7. The van der Waals surface area contributed by atoms with E-state index in [0.29, 0.717) is 65.3 Å². The van der Waals surface area contributed by atoms with Gasteiger partial charge in [0.25, 0.3) is 0 Å². The van der Waals surface area contributed by atoms with E-state index < -0.39 is 65.8 Å². The Morgan fingerprint density at radius 2 is 1.32 bits per heavy atom. The third-order valence-corrected chi connectivity index (χ3v) is 9.45. The minimum atomic E-state index is -1.26. The van der Waals surface area contributed by atoms with E-state index in [2.05, 4.69) is 26.6 Å². The van der Waals surface area contributed by atoms with Gasteiger partial charge in [-0.05, 0) is 75.2 Å². The Balaban J connectivity index is 1.73. The topological polar surface area (TPSA) is 225 Å². The van der Waals surface area contributed by atoms with E-state index in [1.54, 1.807) is 7.11 Å². The Bertz CT molecular complexity index is 1480. The van der Waals surface area contributed by atoms with Crippen LogP contribution in [0.15, 0.2) is 60.7 Å². The quantitative estimate of drug-likeness (QED) is 0.0421. The van der Waals surface area contributed by atoms with Gasteiger partial charge in [0.1, 0.15) is 18.1 Å². The molecule has 0 aromatic heterocycles. The lowest BCUT2D eigenvalue weighted by molar-refractivity contribution is -0.165. The molecule has 310 valence electrons. The second-order valence-electron chi connectivity index (χ2n) is 14.7. The molecule has 1 aliphatic rings. The van der Waals surface area contributed by atoms with Gasteiger partial charge in [-0.1, -0.05) is 74.5 Å². The van der Waals surface area contributed by atoms with Crippen LogP contribution < -0.4 is 38.1 Å². The molecule has 0 spiro atoms. The fourth-order valence-electron chi connectivity index (χ4n) is 6.29. The van der Waals surface area contributed by atoms with Crippen LogP contribution in [0.25, 0.3) is 0 Å². The first-order valence-electron chi connectivity index (χ1n) is 19.7. The second-order valence-corrected chi connectivity index (χ2v) is 14.7. The van der Waals surface area contributed by atoms with Gasteiger partial charge >= 0.3 is 11.9 Å². The summed E-state index contributed by atoms with van der Waals surface area (Å²) in [6.45, 7) is 7.64. The maximum Gasteiger partial charge on any atom is 0.336 e. The van der Waals surface area contributed by atoms with E-state index >= 15 is 0 Å². The van der Waals surface area contributed by atoms with Crippen LogP contribution in [0.3, 0.4) is 0 Å². The third kappa shape index (κ3) is 17.7. The fourth-order valence-corrected chi connectivity index (χ4v) is 6.29. The lowest BCUT2D eigenvalue weighted by Gasteiger charge is -2.27. The number of benzene rings is 2. The number of amides is 3. The van der Waals surface area contributed by atoms with Crippen molar-refractivity contribution in [1.29, 1.82) is 0 Å². The molecule has 2 aromatic rings. The standard InChI is InChI=1S/C41H63N7O8/c1-28(2)24-34(47-39(51)35(26-30-12-8-5-9-13-30)46-37(49)33(43)25-29-10-6-4-7-11-29)38(50)48-36(41(53)56-40(52)31-14-17-44-18-15-31)27-32(42)16-19-45-20-21-55-23-22-54-3/h4-13,28,31-36,44-45H,14-27,42-43H2,1-3H3,(H,46,49)(H,47,51)(H,48,50)/t32?,33-,34-,35-,36?/m1/s1. The van der Waals surface area contributed by atoms with Crippen molar-refractivity contribution >= 4 is 29.7 Å². The highest BCUT2D eigenvalue weighted by atomic mass is 16.6. The van der Waals surface area contributed by atoms with Crippen LogP contribution >= 0.6 is 0 Å². The molecule has 1 aliphatic heterocycles.